The minimum Gasteiger partial charge on any atom is -0.340 e. The summed E-state index contributed by atoms with van der Waals surface area (Å²) in [4.78, 5) is 12.6. The van der Waals surface area contributed by atoms with Crippen LogP contribution in [0, 0.1) is 0 Å². The monoisotopic (exact) mass is 565 g/mol. The van der Waals surface area contributed by atoms with E-state index in [1.165, 1.54) is 50.3 Å². The van der Waals surface area contributed by atoms with E-state index in [1.807, 2.05) is 12.3 Å². The number of benzene rings is 5. The van der Waals surface area contributed by atoms with Crippen LogP contribution in [0.4, 0.5) is 11.4 Å². The fraction of sp³-hybridized carbons (Fsp3) is 0.122. The summed E-state index contributed by atoms with van der Waals surface area (Å²) in [5.41, 5.74) is 15.8. The lowest BCUT2D eigenvalue weighted by atomic mass is 9.75. The van der Waals surface area contributed by atoms with Gasteiger partial charge in [0.15, 0.2) is 0 Å². The van der Waals surface area contributed by atoms with Gasteiger partial charge in [0.25, 0.3) is 0 Å². The molecule has 2 aromatic heterocycles. The highest BCUT2D eigenvalue weighted by Gasteiger charge is 2.35. The average molecular weight is 566 g/mol. The van der Waals surface area contributed by atoms with Crippen LogP contribution < -0.4 is 4.90 Å². The number of rotatable bonds is 2. The summed E-state index contributed by atoms with van der Waals surface area (Å²) in [7, 11) is 0. The predicted molar refractivity (Wildman–Crippen MR) is 183 cm³/mol. The number of pyridine rings is 2. The molecule has 2 aliphatic rings. The molecule has 0 saturated carbocycles. The molecule has 1 aliphatic carbocycles. The smallest absolute Gasteiger partial charge is 0.0824 e. The molecule has 0 N–H and O–H groups in total. The van der Waals surface area contributed by atoms with Crippen molar-refractivity contribution >= 4 is 33.2 Å². The lowest BCUT2D eigenvalue weighted by molar-refractivity contribution is 0.646. The summed E-state index contributed by atoms with van der Waals surface area (Å²) in [6.45, 7) is 5.69. The van der Waals surface area contributed by atoms with Gasteiger partial charge in [0.1, 0.15) is 0 Å². The third-order valence-electron chi connectivity index (χ3n) is 9.80. The number of nitrogens with zero attached hydrogens (tertiary/aromatic N) is 3. The van der Waals surface area contributed by atoms with E-state index >= 15 is 0 Å². The quantitative estimate of drug-likeness (QED) is 0.195. The van der Waals surface area contributed by atoms with Crippen LogP contribution in [0.5, 0.6) is 0 Å². The Hall–Kier alpha value is -5.28. The van der Waals surface area contributed by atoms with Crippen molar-refractivity contribution in [2.45, 2.75) is 25.7 Å². The van der Waals surface area contributed by atoms with Crippen molar-refractivity contribution in [1.29, 1.82) is 0 Å². The molecule has 5 aromatic carbocycles. The van der Waals surface area contributed by atoms with E-state index in [0.717, 1.165) is 46.0 Å². The van der Waals surface area contributed by atoms with E-state index in [-0.39, 0.29) is 5.41 Å². The molecule has 0 fully saturated rings. The molecule has 3 heteroatoms. The molecular formula is C41H31N3. The van der Waals surface area contributed by atoms with E-state index in [2.05, 4.69) is 134 Å². The second kappa shape index (κ2) is 9.36. The van der Waals surface area contributed by atoms with Crippen molar-refractivity contribution in [1.82, 2.24) is 9.97 Å². The Morgan fingerprint density at radius 2 is 1.27 bits per heavy atom. The van der Waals surface area contributed by atoms with Crippen LogP contribution in [-0.2, 0) is 11.8 Å². The Kier molecular flexibility index (Phi) is 5.37. The lowest BCUT2D eigenvalue weighted by Gasteiger charge is -2.30. The Morgan fingerprint density at radius 3 is 2.14 bits per heavy atom. The van der Waals surface area contributed by atoms with Gasteiger partial charge in [-0.15, -0.1) is 0 Å². The van der Waals surface area contributed by atoms with Crippen LogP contribution in [0.1, 0.15) is 30.5 Å². The zero-order chi connectivity index (χ0) is 29.4. The van der Waals surface area contributed by atoms with Gasteiger partial charge in [-0.05, 0) is 81.8 Å². The highest BCUT2D eigenvalue weighted by molar-refractivity contribution is 6.10. The van der Waals surface area contributed by atoms with Crippen molar-refractivity contribution in [3.8, 4) is 33.5 Å². The molecule has 44 heavy (non-hydrogen) atoms. The summed E-state index contributed by atoms with van der Waals surface area (Å²) >= 11 is 0. The highest BCUT2D eigenvalue weighted by atomic mass is 15.2. The Bertz CT molecular complexity index is 2280. The summed E-state index contributed by atoms with van der Waals surface area (Å²) in [6.07, 6.45) is 2.88. The van der Waals surface area contributed by atoms with Crippen LogP contribution >= 0.6 is 0 Å². The number of para-hydroxylation sites is 2. The first-order chi connectivity index (χ1) is 21.6. The molecule has 0 bridgehead atoms. The molecule has 9 rings (SSSR count). The van der Waals surface area contributed by atoms with Crippen LogP contribution in [0.25, 0.3) is 55.3 Å². The number of hydrogen-bond donors (Lipinski definition) is 0. The zero-order valence-electron chi connectivity index (χ0n) is 24.9. The Labute approximate surface area is 257 Å². The van der Waals surface area contributed by atoms with Crippen LogP contribution in [0.15, 0.2) is 128 Å². The third-order valence-corrected chi connectivity index (χ3v) is 9.80. The maximum atomic E-state index is 5.25. The summed E-state index contributed by atoms with van der Waals surface area (Å²) in [6, 6.07) is 44.1. The maximum Gasteiger partial charge on any atom is 0.0824 e. The molecule has 3 nitrogen and oxygen atoms in total. The Balaban J connectivity index is 1.27. The van der Waals surface area contributed by atoms with Gasteiger partial charge in [-0.25, -0.2) is 4.98 Å². The molecule has 1 aliphatic heterocycles. The molecule has 0 spiro atoms. The van der Waals surface area contributed by atoms with E-state index in [4.69, 9.17) is 9.97 Å². The van der Waals surface area contributed by atoms with Gasteiger partial charge in [-0.3, -0.25) is 4.98 Å². The van der Waals surface area contributed by atoms with E-state index in [9.17, 15) is 0 Å². The lowest BCUT2D eigenvalue weighted by Crippen LogP contribution is -2.21. The minimum atomic E-state index is -0.171. The number of anilines is 2. The van der Waals surface area contributed by atoms with Gasteiger partial charge >= 0.3 is 0 Å². The largest absolute Gasteiger partial charge is 0.340 e. The van der Waals surface area contributed by atoms with Crippen molar-refractivity contribution < 1.29 is 0 Å². The molecule has 0 atom stereocenters. The normalized spacial score (nSPS) is 14.5. The van der Waals surface area contributed by atoms with Crippen molar-refractivity contribution in [2.75, 3.05) is 11.4 Å². The van der Waals surface area contributed by atoms with E-state index in [0.29, 0.717) is 0 Å². The first-order valence-electron chi connectivity index (χ1n) is 15.5. The van der Waals surface area contributed by atoms with Crippen LogP contribution in [0.2, 0.25) is 0 Å². The topological polar surface area (TPSA) is 29.0 Å². The molecule has 0 radical (unpaired) electrons. The molecule has 3 heterocycles. The van der Waals surface area contributed by atoms with Crippen molar-refractivity contribution in [3.63, 3.8) is 0 Å². The van der Waals surface area contributed by atoms with Crippen LogP contribution in [0.3, 0.4) is 0 Å². The first kappa shape index (κ1) is 25.2. The number of fused-ring (bicyclic) bond motifs is 9. The summed E-state index contributed by atoms with van der Waals surface area (Å²) < 4.78 is 0. The molecule has 210 valence electrons. The maximum absolute atomic E-state index is 5.25. The molecular weight excluding hydrogens is 534 g/mol. The van der Waals surface area contributed by atoms with E-state index in [1.54, 1.807) is 0 Å². The Morgan fingerprint density at radius 1 is 0.591 bits per heavy atom. The number of aromatic nitrogens is 2. The molecule has 0 amide bonds. The first-order valence-corrected chi connectivity index (χ1v) is 15.5. The summed E-state index contributed by atoms with van der Waals surface area (Å²) in [5.74, 6) is 0. The van der Waals surface area contributed by atoms with E-state index < -0.39 is 0 Å². The van der Waals surface area contributed by atoms with Gasteiger partial charge in [0.2, 0.25) is 0 Å². The van der Waals surface area contributed by atoms with Gasteiger partial charge in [-0.2, -0.15) is 0 Å². The molecule has 0 unspecified atom stereocenters. The van der Waals surface area contributed by atoms with Gasteiger partial charge in [0, 0.05) is 40.2 Å². The van der Waals surface area contributed by atoms with Gasteiger partial charge in [-0.1, -0.05) is 98.8 Å². The molecule has 0 saturated heterocycles. The second-order valence-corrected chi connectivity index (χ2v) is 12.5. The summed E-state index contributed by atoms with van der Waals surface area (Å²) in [5, 5.41) is 2.16. The zero-order valence-corrected chi connectivity index (χ0v) is 24.9. The fourth-order valence-electron chi connectivity index (χ4n) is 7.67. The third kappa shape index (κ3) is 3.56. The minimum absolute atomic E-state index is 0.171. The predicted octanol–water partition coefficient (Wildman–Crippen LogP) is 10.1. The standard InChI is InChI=1S/C41H31N3/c1-41(2)34-18-8-5-14-29(34)27-12-3-4-13-28(27)33-24-26-21-23-44(38(26)25-35(33)41)37-20-10-7-16-31(37)40-32-17-11-22-42-39(32)30-15-6-9-19-36(30)43-40/h3-20,22,24-25H,21,23H2,1-2H3. The second-order valence-electron chi connectivity index (χ2n) is 12.5. The van der Waals surface area contributed by atoms with Crippen molar-refractivity contribution in [3.05, 3.63) is 144 Å². The fourth-order valence-corrected chi connectivity index (χ4v) is 7.67. The van der Waals surface area contributed by atoms with Gasteiger partial charge < -0.3 is 4.90 Å². The average Bonchev–Trinajstić information content (AvgIpc) is 3.47. The SMILES string of the molecule is CC1(C)c2ccccc2-c2ccccc2-c2cc3c(cc21)N(c1ccccc1-c1nc2ccccc2c2ncccc12)CC3. The van der Waals surface area contributed by atoms with Crippen LogP contribution in [-0.4, -0.2) is 16.5 Å². The van der Waals surface area contributed by atoms with Crippen molar-refractivity contribution in [2.24, 2.45) is 0 Å². The highest BCUT2D eigenvalue weighted by Crippen LogP contribution is 2.52. The molecule has 7 aromatic rings. The van der Waals surface area contributed by atoms with Gasteiger partial charge in [0.05, 0.1) is 22.4 Å². The number of hydrogen-bond acceptors (Lipinski definition) is 3.